The van der Waals surface area contributed by atoms with Gasteiger partial charge >= 0.3 is 0 Å². The number of amides is 1. The molecule has 0 radical (unpaired) electrons. The lowest BCUT2D eigenvalue weighted by Crippen LogP contribution is -2.35. The van der Waals surface area contributed by atoms with Gasteiger partial charge in [0.15, 0.2) is 0 Å². The zero-order chi connectivity index (χ0) is 11.7. The highest BCUT2D eigenvalue weighted by Gasteiger charge is 2.09. The van der Waals surface area contributed by atoms with Crippen molar-refractivity contribution in [3.8, 4) is 0 Å². The first-order valence-corrected chi connectivity index (χ1v) is 5.63. The molecule has 4 nitrogen and oxygen atoms in total. The second-order valence-corrected chi connectivity index (χ2v) is 3.83. The highest BCUT2D eigenvalue weighted by atomic mass is 16.5. The van der Waals surface area contributed by atoms with Crippen LogP contribution in [-0.4, -0.2) is 50.7 Å². The molecule has 0 spiro atoms. The molecule has 0 aliphatic rings. The van der Waals surface area contributed by atoms with Gasteiger partial charge in [0.05, 0.1) is 6.10 Å². The Hall–Kier alpha value is -0.610. The van der Waals surface area contributed by atoms with Crippen LogP contribution in [0.2, 0.25) is 0 Å². The van der Waals surface area contributed by atoms with E-state index in [-0.39, 0.29) is 12.0 Å². The van der Waals surface area contributed by atoms with Crippen molar-refractivity contribution < 1.29 is 9.53 Å². The SMILES string of the molecule is CCO[C@@H](CCN(C)C)CNC(=O)CC. The minimum atomic E-state index is 0.0876. The van der Waals surface area contributed by atoms with Gasteiger partial charge in [-0.3, -0.25) is 4.79 Å². The smallest absolute Gasteiger partial charge is 0.219 e. The van der Waals surface area contributed by atoms with Crippen molar-refractivity contribution >= 4 is 5.91 Å². The van der Waals surface area contributed by atoms with Crippen LogP contribution in [0.15, 0.2) is 0 Å². The van der Waals surface area contributed by atoms with E-state index in [0.29, 0.717) is 19.6 Å². The lowest BCUT2D eigenvalue weighted by Gasteiger charge is -2.19. The molecular formula is C11H24N2O2. The molecule has 15 heavy (non-hydrogen) atoms. The number of nitrogens with one attached hydrogen (secondary N) is 1. The molecule has 0 rings (SSSR count). The van der Waals surface area contributed by atoms with E-state index in [9.17, 15) is 4.79 Å². The summed E-state index contributed by atoms with van der Waals surface area (Å²) < 4.78 is 5.55. The fourth-order valence-corrected chi connectivity index (χ4v) is 1.23. The van der Waals surface area contributed by atoms with Crippen molar-refractivity contribution in [1.82, 2.24) is 10.2 Å². The summed E-state index contributed by atoms with van der Waals surface area (Å²) in [6, 6.07) is 0. The fourth-order valence-electron chi connectivity index (χ4n) is 1.23. The molecule has 0 heterocycles. The predicted molar refractivity (Wildman–Crippen MR) is 61.9 cm³/mol. The summed E-state index contributed by atoms with van der Waals surface area (Å²) in [6.07, 6.45) is 1.62. The fraction of sp³-hybridized carbons (Fsp3) is 0.909. The van der Waals surface area contributed by atoms with Gasteiger partial charge in [-0.1, -0.05) is 6.92 Å². The average molecular weight is 216 g/mol. The molecule has 0 aliphatic carbocycles. The maximum absolute atomic E-state index is 11.1. The van der Waals surface area contributed by atoms with Crippen molar-refractivity contribution in [2.24, 2.45) is 0 Å². The van der Waals surface area contributed by atoms with E-state index in [1.807, 2.05) is 27.9 Å². The highest BCUT2D eigenvalue weighted by molar-refractivity contribution is 5.75. The summed E-state index contributed by atoms with van der Waals surface area (Å²) in [5, 5.41) is 2.86. The Morgan fingerprint density at radius 2 is 2.07 bits per heavy atom. The summed E-state index contributed by atoms with van der Waals surface area (Å²) >= 11 is 0. The molecule has 0 aromatic heterocycles. The number of rotatable bonds is 8. The first kappa shape index (κ1) is 14.4. The van der Waals surface area contributed by atoms with E-state index in [2.05, 4.69) is 10.2 Å². The van der Waals surface area contributed by atoms with Crippen LogP contribution in [0.5, 0.6) is 0 Å². The molecule has 1 amide bonds. The normalized spacial score (nSPS) is 12.9. The van der Waals surface area contributed by atoms with Gasteiger partial charge in [-0.15, -0.1) is 0 Å². The van der Waals surface area contributed by atoms with Gasteiger partial charge in [0.1, 0.15) is 0 Å². The maximum atomic E-state index is 11.1. The molecule has 0 saturated heterocycles. The number of carbonyl (C=O) groups is 1. The third-order valence-electron chi connectivity index (χ3n) is 2.15. The third-order valence-corrected chi connectivity index (χ3v) is 2.15. The number of ether oxygens (including phenoxy) is 1. The quantitative estimate of drug-likeness (QED) is 0.654. The van der Waals surface area contributed by atoms with Crippen LogP contribution >= 0.6 is 0 Å². The molecule has 0 fully saturated rings. The second kappa shape index (κ2) is 8.68. The van der Waals surface area contributed by atoms with Gasteiger partial charge < -0.3 is 15.0 Å². The monoisotopic (exact) mass is 216 g/mol. The summed E-state index contributed by atoms with van der Waals surface area (Å²) in [4.78, 5) is 13.2. The molecule has 1 atom stereocenters. The summed E-state index contributed by atoms with van der Waals surface area (Å²) in [6.45, 7) is 6.12. The molecule has 0 aromatic rings. The number of nitrogens with zero attached hydrogens (tertiary/aromatic N) is 1. The Labute approximate surface area is 93.0 Å². The molecule has 0 saturated carbocycles. The van der Waals surface area contributed by atoms with E-state index >= 15 is 0 Å². The van der Waals surface area contributed by atoms with Gasteiger partial charge in [-0.05, 0) is 27.4 Å². The zero-order valence-electron chi connectivity index (χ0n) is 10.4. The average Bonchev–Trinajstić information content (AvgIpc) is 2.21. The Morgan fingerprint density at radius 1 is 1.40 bits per heavy atom. The number of hydrogen-bond donors (Lipinski definition) is 1. The van der Waals surface area contributed by atoms with Crippen LogP contribution in [0, 0.1) is 0 Å². The minimum Gasteiger partial charge on any atom is -0.377 e. The predicted octanol–water partition coefficient (Wildman–Crippen LogP) is 0.869. The lowest BCUT2D eigenvalue weighted by molar-refractivity contribution is -0.121. The van der Waals surface area contributed by atoms with Gasteiger partial charge in [0.2, 0.25) is 5.91 Å². The minimum absolute atomic E-state index is 0.0876. The van der Waals surface area contributed by atoms with Crippen LogP contribution in [0.3, 0.4) is 0 Å². The van der Waals surface area contributed by atoms with Crippen molar-refractivity contribution in [1.29, 1.82) is 0 Å². The van der Waals surface area contributed by atoms with Crippen LogP contribution in [0.25, 0.3) is 0 Å². The molecule has 0 aromatic carbocycles. The van der Waals surface area contributed by atoms with E-state index in [1.54, 1.807) is 0 Å². The molecule has 4 heteroatoms. The lowest BCUT2D eigenvalue weighted by atomic mass is 10.2. The molecule has 0 unspecified atom stereocenters. The first-order chi connectivity index (χ1) is 7.10. The largest absolute Gasteiger partial charge is 0.377 e. The maximum Gasteiger partial charge on any atom is 0.219 e. The van der Waals surface area contributed by atoms with E-state index in [0.717, 1.165) is 13.0 Å². The summed E-state index contributed by atoms with van der Waals surface area (Å²) in [7, 11) is 4.07. The van der Waals surface area contributed by atoms with Crippen molar-refractivity contribution in [3.63, 3.8) is 0 Å². The Kier molecular flexibility index (Phi) is 8.33. The number of hydrogen-bond acceptors (Lipinski definition) is 3. The van der Waals surface area contributed by atoms with E-state index in [1.165, 1.54) is 0 Å². The Bertz CT molecular complexity index is 172. The Morgan fingerprint density at radius 3 is 2.53 bits per heavy atom. The molecule has 0 bridgehead atoms. The molecule has 1 N–H and O–H groups in total. The van der Waals surface area contributed by atoms with Gasteiger partial charge in [0, 0.05) is 26.1 Å². The van der Waals surface area contributed by atoms with Gasteiger partial charge in [-0.2, -0.15) is 0 Å². The topological polar surface area (TPSA) is 41.6 Å². The summed E-state index contributed by atoms with van der Waals surface area (Å²) in [5.41, 5.74) is 0. The standard InChI is InChI=1S/C11H24N2O2/c1-5-11(14)12-9-10(15-6-2)7-8-13(3)4/h10H,5-9H2,1-4H3,(H,12,14)/t10-/m0/s1. The van der Waals surface area contributed by atoms with Crippen molar-refractivity contribution in [2.75, 3.05) is 33.8 Å². The van der Waals surface area contributed by atoms with Crippen molar-refractivity contribution in [2.45, 2.75) is 32.8 Å². The van der Waals surface area contributed by atoms with Gasteiger partial charge in [0.25, 0.3) is 0 Å². The zero-order valence-corrected chi connectivity index (χ0v) is 10.4. The number of carbonyl (C=O) groups excluding carboxylic acids is 1. The summed E-state index contributed by atoms with van der Waals surface area (Å²) in [5.74, 6) is 0.0876. The van der Waals surface area contributed by atoms with Crippen LogP contribution in [-0.2, 0) is 9.53 Å². The van der Waals surface area contributed by atoms with Crippen LogP contribution < -0.4 is 5.32 Å². The third kappa shape index (κ3) is 8.39. The van der Waals surface area contributed by atoms with Crippen molar-refractivity contribution in [3.05, 3.63) is 0 Å². The van der Waals surface area contributed by atoms with Gasteiger partial charge in [-0.25, -0.2) is 0 Å². The highest BCUT2D eigenvalue weighted by Crippen LogP contribution is 1.98. The van der Waals surface area contributed by atoms with Crippen LogP contribution in [0.4, 0.5) is 0 Å². The van der Waals surface area contributed by atoms with E-state index in [4.69, 9.17) is 4.74 Å². The Balaban J connectivity index is 3.77. The second-order valence-electron chi connectivity index (χ2n) is 3.83. The molecular weight excluding hydrogens is 192 g/mol. The van der Waals surface area contributed by atoms with E-state index < -0.39 is 0 Å². The van der Waals surface area contributed by atoms with Crippen LogP contribution in [0.1, 0.15) is 26.7 Å². The molecule has 0 aliphatic heterocycles. The first-order valence-electron chi connectivity index (χ1n) is 5.63. The molecule has 90 valence electrons.